The minimum Gasteiger partial charge on any atom is -0.497 e. The second-order valence-corrected chi connectivity index (χ2v) is 8.04. The van der Waals surface area contributed by atoms with E-state index in [0.29, 0.717) is 5.39 Å². The van der Waals surface area contributed by atoms with Gasteiger partial charge in [0.1, 0.15) is 11.5 Å². The number of methoxy groups -OCH3 is 2. The number of benzene rings is 3. The van der Waals surface area contributed by atoms with Crippen molar-refractivity contribution >= 4 is 22.3 Å². The van der Waals surface area contributed by atoms with Crippen LogP contribution in [0, 0.1) is 0 Å². The van der Waals surface area contributed by atoms with Crippen molar-refractivity contribution in [1.82, 2.24) is 4.57 Å². The van der Waals surface area contributed by atoms with Crippen LogP contribution in [-0.2, 0) is 6.42 Å². The molecule has 0 unspecified atom stereocenters. The molecule has 0 radical (unpaired) electrons. The van der Waals surface area contributed by atoms with Gasteiger partial charge in [0.2, 0.25) is 0 Å². The van der Waals surface area contributed by atoms with Gasteiger partial charge in [-0.15, -0.1) is 0 Å². The fraction of sp³-hybridized carbons (Fsp3) is 0.250. The number of nitrogens with zero attached hydrogens (tertiary/aromatic N) is 1. The van der Waals surface area contributed by atoms with Crippen LogP contribution in [0.3, 0.4) is 0 Å². The van der Waals surface area contributed by atoms with Crippen LogP contribution < -0.4 is 20.2 Å². The zero-order valence-corrected chi connectivity index (χ0v) is 19.4. The summed E-state index contributed by atoms with van der Waals surface area (Å²) in [5, 5.41) is 4.09. The molecule has 1 heterocycles. The molecule has 0 fully saturated rings. The summed E-state index contributed by atoms with van der Waals surface area (Å²) in [6.07, 6.45) is 4.16. The quantitative estimate of drug-likeness (QED) is 0.301. The van der Waals surface area contributed by atoms with Crippen LogP contribution in [0.1, 0.15) is 31.9 Å². The Balaban J connectivity index is 1.86. The molecule has 0 atom stereocenters. The molecule has 0 spiro atoms. The van der Waals surface area contributed by atoms with Gasteiger partial charge in [0.15, 0.2) is 5.43 Å². The molecule has 0 amide bonds. The van der Waals surface area contributed by atoms with Crippen LogP contribution >= 0.6 is 0 Å². The molecule has 0 aliphatic carbocycles. The Bertz CT molecular complexity index is 1280. The number of unbranched alkanes of at least 4 members (excludes halogenated alkanes) is 2. The average molecular weight is 443 g/mol. The summed E-state index contributed by atoms with van der Waals surface area (Å²) in [5.41, 5.74) is 4.62. The number of hydrogen-bond donors (Lipinski definition) is 1. The molecule has 0 bridgehead atoms. The first-order chi connectivity index (χ1) is 16.1. The van der Waals surface area contributed by atoms with Gasteiger partial charge in [0.05, 0.1) is 30.8 Å². The van der Waals surface area contributed by atoms with Crippen molar-refractivity contribution in [3.63, 3.8) is 0 Å². The highest BCUT2D eigenvalue weighted by Gasteiger charge is 2.14. The van der Waals surface area contributed by atoms with E-state index in [2.05, 4.69) is 16.8 Å². The number of aromatic nitrogens is 1. The Morgan fingerprint density at radius 3 is 2.15 bits per heavy atom. The van der Waals surface area contributed by atoms with Crippen molar-refractivity contribution in [2.24, 2.45) is 0 Å². The maximum Gasteiger partial charge on any atom is 0.191 e. The van der Waals surface area contributed by atoms with Gasteiger partial charge in [0.25, 0.3) is 0 Å². The monoisotopic (exact) mass is 442 g/mol. The lowest BCUT2D eigenvalue weighted by atomic mass is 10.1. The minimum atomic E-state index is 0.0258. The first-order valence-corrected chi connectivity index (χ1v) is 11.4. The maximum absolute atomic E-state index is 13.3. The van der Waals surface area contributed by atoms with Gasteiger partial charge in [-0.2, -0.15) is 0 Å². The van der Waals surface area contributed by atoms with E-state index in [-0.39, 0.29) is 5.43 Å². The molecular formula is C28H30N2O3. The highest BCUT2D eigenvalue weighted by atomic mass is 16.5. The molecule has 0 saturated carbocycles. The highest BCUT2D eigenvalue weighted by Crippen LogP contribution is 2.29. The Morgan fingerprint density at radius 2 is 1.52 bits per heavy atom. The Morgan fingerprint density at radius 1 is 0.848 bits per heavy atom. The first kappa shape index (κ1) is 22.5. The van der Waals surface area contributed by atoms with Gasteiger partial charge in [-0.05, 0) is 73.5 Å². The Kier molecular flexibility index (Phi) is 6.98. The Labute approximate surface area is 194 Å². The van der Waals surface area contributed by atoms with Gasteiger partial charge in [0, 0.05) is 23.1 Å². The fourth-order valence-corrected chi connectivity index (χ4v) is 4.14. The summed E-state index contributed by atoms with van der Waals surface area (Å²) >= 11 is 0. The lowest BCUT2D eigenvalue weighted by molar-refractivity contribution is 0.414. The third-order valence-electron chi connectivity index (χ3n) is 5.85. The van der Waals surface area contributed by atoms with Crippen molar-refractivity contribution in [1.29, 1.82) is 0 Å². The third-order valence-corrected chi connectivity index (χ3v) is 5.85. The number of aryl methyl sites for hydroxylation is 1. The van der Waals surface area contributed by atoms with E-state index in [4.69, 9.17) is 9.47 Å². The van der Waals surface area contributed by atoms with E-state index in [1.54, 1.807) is 20.3 Å². The lowest BCUT2D eigenvalue weighted by Crippen LogP contribution is -2.14. The maximum atomic E-state index is 13.3. The summed E-state index contributed by atoms with van der Waals surface area (Å²) in [6, 6.07) is 23.4. The van der Waals surface area contributed by atoms with Crippen molar-refractivity contribution in [2.75, 3.05) is 19.5 Å². The predicted molar refractivity (Wildman–Crippen MR) is 136 cm³/mol. The van der Waals surface area contributed by atoms with Gasteiger partial charge in [-0.3, -0.25) is 4.79 Å². The van der Waals surface area contributed by atoms with Crippen LogP contribution in [0.5, 0.6) is 11.5 Å². The number of anilines is 2. The number of pyridine rings is 1. The topological polar surface area (TPSA) is 52.5 Å². The van der Waals surface area contributed by atoms with Crippen LogP contribution in [0.4, 0.5) is 11.4 Å². The molecule has 0 aliphatic heterocycles. The van der Waals surface area contributed by atoms with Crippen molar-refractivity contribution in [3.8, 4) is 17.2 Å². The molecule has 4 rings (SSSR count). The largest absolute Gasteiger partial charge is 0.497 e. The smallest absolute Gasteiger partial charge is 0.191 e. The predicted octanol–water partition coefficient (Wildman–Crippen LogP) is 6.48. The van der Waals surface area contributed by atoms with Crippen LogP contribution in [0.15, 0.2) is 77.6 Å². The molecule has 170 valence electrons. The molecule has 33 heavy (non-hydrogen) atoms. The highest BCUT2D eigenvalue weighted by molar-refractivity contribution is 5.94. The molecule has 5 nitrogen and oxygen atoms in total. The molecule has 3 aromatic carbocycles. The molecule has 5 heteroatoms. The number of ether oxygens (including phenoxy) is 2. The van der Waals surface area contributed by atoms with Crippen LogP contribution in [0.25, 0.3) is 16.6 Å². The standard InChI is InChI=1S/C28H30N2O3/c1-4-5-6-8-22-19-27(31)28-25(29-20-11-15-23(32-2)16-12-20)9-7-10-26(28)30(22)21-13-17-24(33-3)18-14-21/h7,9-19,29H,4-6,8H2,1-3H3. The first-order valence-electron chi connectivity index (χ1n) is 11.4. The summed E-state index contributed by atoms with van der Waals surface area (Å²) in [5.74, 6) is 1.59. The van der Waals surface area contributed by atoms with Gasteiger partial charge < -0.3 is 19.4 Å². The van der Waals surface area contributed by atoms with Gasteiger partial charge in [-0.25, -0.2) is 0 Å². The van der Waals surface area contributed by atoms with E-state index in [1.165, 1.54) is 0 Å². The molecular weight excluding hydrogens is 412 g/mol. The fourth-order valence-electron chi connectivity index (χ4n) is 4.14. The number of nitrogens with one attached hydrogen (secondary N) is 1. The van der Waals surface area contributed by atoms with Crippen molar-refractivity contribution < 1.29 is 9.47 Å². The average Bonchev–Trinajstić information content (AvgIpc) is 2.85. The van der Waals surface area contributed by atoms with Crippen molar-refractivity contribution in [3.05, 3.63) is 88.7 Å². The summed E-state index contributed by atoms with van der Waals surface area (Å²) in [7, 11) is 3.31. The third kappa shape index (κ3) is 4.87. The molecule has 4 aromatic rings. The van der Waals surface area contributed by atoms with E-state index < -0.39 is 0 Å². The normalized spacial score (nSPS) is 10.9. The van der Waals surface area contributed by atoms with E-state index in [0.717, 1.165) is 65.5 Å². The zero-order chi connectivity index (χ0) is 23.2. The molecule has 0 aliphatic rings. The van der Waals surface area contributed by atoms with Crippen LogP contribution in [-0.4, -0.2) is 18.8 Å². The second-order valence-electron chi connectivity index (χ2n) is 8.04. The second kappa shape index (κ2) is 10.3. The zero-order valence-electron chi connectivity index (χ0n) is 19.4. The SMILES string of the molecule is CCCCCc1cc(=O)c2c(Nc3ccc(OC)cc3)cccc2n1-c1ccc(OC)cc1. The van der Waals surface area contributed by atoms with E-state index in [9.17, 15) is 4.79 Å². The van der Waals surface area contributed by atoms with Crippen molar-refractivity contribution in [2.45, 2.75) is 32.6 Å². The molecule has 1 N–H and O–H groups in total. The number of rotatable bonds is 9. The summed E-state index contributed by atoms with van der Waals surface area (Å²) < 4.78 is 12.8. The van der Waals surface area contributed by atoms with Gasteiger partial charge in [-0.1, -0.05) is 25.8 Å². The Hall–Kier alpha value is -3.73. The molecule has 1 aromatic heterocycles. The summed E-state index contributed by atoms with van der Waals surface area (Å²) in [6.45, 7) is 2.19. The van der Waals surface area contributed by atoms with Gasteiger partial charge >= 0.3 is 0 Å². The van der Waals surface area contributed by atoms with E-state index >= 15 is 0 Å². The minimum absolute atomic E-state index is 0.0258. The van der Waals surface area contributed by atoms with Crippen LogP contribution in [0.2, 0.25) is 0 Å². The number of fused-ring (bicyclic) bond motifs is 1. The van der Waals surface area contributed by atoms with E-state index in [1.807, 2.05) is 66.7 Å². The molecule has 0 saturated heterocycles. The number of hydrogen-bond acceptors (Lipinski definition) is 4. The lowest BCUT2D eigenvalue weighted by Gasteiger charge is -2.19. The summed E-state index contributed by atoms with van der Waals surface area (Å²) in [4.78, 5) is 13.3.